The number of carbonyl (C=O) groups excluding carboxylic acids is 1. The van der Waals surface area contributed by atoms with Gasteiger partial charge in [0.05, 0.1) is 12.5 Å². The summed E-state index contributed by atoms with van der Waals surface area (Å²) in [5.41, 5.74) is 0. The number of hydrogen-bond acceptors (Lipinski definition) is 4. The number of carbonyl (C=O) groups is 1. The van der Waals surface area contributed by atoms with Gasteiger partial charge in [-0.15, -0.1) is 0 Å². The number of hydrogen-bond donors (Lipinski definition) is 1. The summed E-state index contributed by atoms with van der Waals surface area (Å²) in [5, 5.41) is 2.61. The van der Waals surface area contributed by atoms with E-state index in [4.69, 9.17) is 9.47 Å². The van der Waals surface area contributed by atoms with Crippen LogP contribution in [0.3, 0.4) is 0 Å². The highest BCUT2D eigenvalue weighted by molar-refractivity contribution is 5.91. The number of aromatic nitrogens is 1. The van der Waals surface area contributed by atoms with E-state index in [0.29, 0.717) is 19.6 Å². The molecular weight excluding hydrogens is 258 g/mol. The van der Waals surface area contributed by atoms with Crippen LogP contribution < -0.4 is 10.1 Å². The monoisotopic (exact) mass is 272 g/mol. The van der Waals surface area contributed by atoms with E-state index < -0.39 is 13.0 Å². The standard InChI is InChI=1S/C12H14F2N2O3/c13-9(14)7-19-11-3-1-2-10(15-11)16-12(17)8-4-5-18-6-8/h1-3,8-9H,4-7H2,(H,15,16,17). The van der Waals surface area contributed by atoms with E-state index in [2.05, 4.69) is 10.3 Å². The first kappa shape index (κ1) is 13.7. The number of nitrogens with one attached hydrogen (secondary N) is 1. The maximum atomic E-state index is 12.0. The molecule has 1 fully saturated rings. The van der Waals surface area contributed by atoms with Gasteiger partial charge < -0.3 is 14.8 Å². The number of amides is 1. The van der Waals surface area contributed by atoms with Gasteiger partial charge in [-0.1, -0.05) is 6.07 Å². The minimum absolute atomic E-state index is 0.0563. The van der Waals surface area contributed by atoms with Gasteiger partial charge in [0.1, 0.15) is 5.82 Å². The molecule has 1 aliphatic rings. The molecule has 19 heavy (non-hydrogen) atoms. The molecule has 1 aliphatic heterocycles. The summed E-state index contributed by atoms with van der Waals surface area (Å²) in [7, 11) is 0. The number of ether oxygens (including phenoxy) is 2. The zero-order chi connectivity index (χ0) is 13.7. The van der Waals surface area contributed by atoms with E-state index in [1.807, 2.05) is 0 Å². The zero-order valence-electron chi connectivity index (χ0n) is 10.1. The van der Waals surface area contributed by atoms with Crippen molar-refractivity contribution < 1.29 is 23.0 Å². The third kappa shape index (κ3) is 4.13. The van der Waals surface area contributed by atoms with Crippen LogP contribution in [-0.4, -0.2) is 37.1 Å². The highest BCUT2D eigenvalue weighted by Gasteiger charge is 2.23. The maximum Gasteiger partial charge on any atom is 0.272 e. The Hall–Kier alpha value is -1.76. The molecule has 0 radical (unpaired) electrons. The van der Waals surface area contributed by atoms with Crippen molar-refractivity contribution in [3.63, 3.8) is 0 Å². The van der Waals surface area contributed by atoms with Gasteiger partial charge in [-0.3, -0.25) is 4.79 Å². The summed E-state index contributed by atoms with van der Waals surface area (Å²) < 4.78 is 33.9. The number of halogens is 2. The summed E-state index contributed by atoms with van der Waals surface area (Å²) in [4.78, 5) is 15.7. The minimum atomic E-state index is -2.56. The van der Waals surface area contributed by atoms with Crippen LogP contribution in [0.25, 0.3) is 0 Å². The molecule has 7 heteroatoms. The fourth-order valence-corrected chi connectivity index (χ4v) is 1.68. The molecule has 2 rings (SSSR count). The van der Waals surface area contributed by atoms with E-state index in [1.54, 1.807) is 12.1 Å². The summed E-state index contributed by atoms with van der Waals surface area (Å²) in [6, 6.07) is 4.61. The van der Waals surface area contributed by atoms with Crippen molar-refractivity contribution in [3.8, 4) is 5.88 Å². The van der Waals surface area contributed by atoms with Crippen LogP contribution in [0, 0.1) is 5.92 Å². The third-order valence-electron chi connectivity index (χ3n) is 2.63. The van der Waals surface area contributed by atoms with Crippen molar-refractivity contribution in [2.45, 2.75) is 12.8 Å². The number of nitrogens with zero attached hydrogens (tertiary/aromatic N) is 1. The molecule has 104 valence electrons. The Bertz CT molecular complexity index is 437. The Morgan fingerprint density at radius 2 is 2.42 bits per heavy atom. The average molecular weight is 272 g/mol. The summed E-state index contributed by atoms with van der Waals surface area (Å²) in [5.74, 6) is -0.0344. The molecule has 1 aromatic heterocycles. The number of pyridine rings is 1. The van der Waals surface area contributed by atoms with Crippen LogP contribution >= 0.6 is 0 Å². The predicted octanol–water partition coefficient (Wildman–Crippen LogP) is 1.70. The van der Waals surface area contributed by atoms with Crippen LogP contribution in [0.2, 0.25) is 0 Å². The third-order valence-corrected chi connectivity index (χ3v) is 2.63. The van der Waals surface area contributed by atoms with Gasteiger partial charge in [-0.2, -0.15) is 4.98 Å². The SMILES string of the molecule is O=C(Nc1cccc(OCC(F)F)n1)C1CCOC1. The predicted molar refractivity (Wildman–Crippen MR) is 63.3 cm³/mol. The molecule has 5 nitrogen and oxygen atoms in total. The molecule has 1 amide bonds. The van der Waals surface area contributed by atoms with Gasteiger partial charge in [-0.05, 0) is 12.5 Å². The lowest BCUT2D eigenvalue weighted by Gasteiger charge is -2.10. The van der Waals surface area contributed by atoms with Gasteiger partial charge in [0, 0.05) is 12.7 Å². The Labute approximate surface area is 108 Å². The van der Waals surface area contributed by atoms with Crippen molar-refractivity contribution in [1.82, 2.24) is 4.98 Å². The van der Waals surface area contributed by atoms with E-state index in [1.165, 1.54) is 6.07 Å². The molecule has 0 saturated carbocycles. The van der Waals surface area contributed by atoms with Crippen molar-refractivity contribution in [3.05, 3.63) is 18.2 Å². The molecule has 0 aliphatic carbocycles. The fourth-order valence-electron chi connectivity index (χ4n) is 1.68. The van der Waals surface area contributed by atoms with Gasteiger partial charge in [-0.25, -0.2) is 8.78 Å². The fraction of sp³-hybridized carbons (Fsp3) is 0.500. The molecule has 1 aromatic rings. The van der Waals surface area contributed by atoms with Crippen LogP contribution in [0.4, 0.5) is 14.6 Å². The second-order valence-corrected chi connectivity index (χ2v) is 4.11. The van der Waals surface area contributed by atoms with Crippen LogP contribution in [0.1, 0.15) is 6.42 Å². The van der Waals surface area contributed by atoms with E-state index in [0.717, 1.165) is 0 Å². The summed E-state index contributed by atoms with van der Waals surface area (Å²) >= 11 is 0. The Kier molecular flexibility index (Phi) is 4.62. The van der Waals surface area contributed by atoms with Crippen molar-refractivity contribution in [2.75, 3.05) is 25.1 Å². The normalized spacial score (nSPS) is 18.6. The Morgan fingerprint density at radius 3 is 3.11 bits per heavy atom. The Morgan fingerprint density at radius 1 is 1.58 bits per heavy atom. The lowest BCUT2D eigenvalue weighted by Crippen LogP contribution is -2.23. The average Bonchev–Trinajstić information content (AvgIpc) is 2.91. The van der Waals surface area contributed by atoms with Gasteiger partial charge >= 0.3 is 0 Å². The summed E-state index contributed by atoms with van der Waals surface area (Å²) in [6.45, 7) is 0.247. The largest absolute Gasteiger partial charge is 0.472 e. The molecule has 1 atom stereocenters. The molecule has 1 saturated heterocycles. The van der Waals surface area contributed by atoms with Gasteiger partial charge in [0.2, 0.25) is 11.8 Å². The first-order valence-electron chi connectivity index (χ1n) is 5.92. The first-order valence-corrected chi connectivity index (χ1v) is 5.92. The Balaban J connectivity index is 1.92. The molecule has 0 spiro atoms. The maximum absolute atomic E-state index is 12.0. The van der Waals surface area contributed by atoms with Gasteiger partial charge in [0.15, 0.2) is 6.61 Å². The molecule has 1 unspecified atom stereocenters. The van der Waals surface area contributed by atoms with E-state index in [9.17, 15) is 13.6 Å². The van der Waals surface area contributed by atoms with E-state index in [-0.39, 0.29) is 23.5 Å². The van der Waals surface area contributed by atoms with Gasteiger partial charge in [0.25, 0.3) is 6.43 Å². The van der Waals surface area contributed by atoms with Crippen molar-refractivity contribution >= 4 is 11.7 Å². The number of rotatable bonds is 5. The molecular formula is C12H14F2N2O3. The smallest absolute Gasteiger partial charge is 0.272 e. The second-order valence-electron chi connectivity index (χ2n) is 4.11. The number of alkyl halides is 2. The molecule has 0 aromatic carbocycles. The molecule has 0 bridgehead atoms. The lowest BCUT2D eigenvalue weighted by molar-refractivity contribution is -0.119. The van der Waals surface area contributed by atoms with E-state index >= 15 is 0 Å². The quantitative estimate of drug-likeness (QED) is 0.886. The molecule has 1 N–H and O–H groups in total. The number of anilines is 1. The highest BCUT2D eigenvalue weighted by Crippen LogP contribution is 2.17. The van der Waals surface area contributed by atoms with Crippen molar-refractivity contribution in [2.24, 2.45) is 5.92 Å². The minimum Gasteiger partial charge on any atom is -0.472 e. The van der Waals surface area contributed by atoms with Crippen molar-refractivity contribution in [1.29, 1.82) is 0 Å². The summed E-state index contributed by atoms with van der Waals surface area (Å²) in [6.07, 6.45) is -1.89. The van der Waals surface area contributed by atoms with Crippen LogP contribution in [0.5, 0.6) is 5.88 Å². The van der Waals surface area contributed by atoms with Crippen LogP contribution in [0.15, 0.2) is 18.2 Å². The lowest BCUT2D eigenvalue weighted by atomic mass is 10.1. The topological polar surface area (TPSA) is 60.5 Å². The highest BCUT2D eigenvalue weighted by atomic mass is 19.3. The molecule has 2 heterocycles. The van der Waals surface area contributed by atoms with Crippen LogP contribution in [-0.2, 0) is 9.53 Å². The first-order chi connectivity index (χ1) is 9.15. The second kappa shape index (κ2) is 6.42. The zero-order valence-corrected chi connectivity index (χ0v) is 10.1.